The summed E-state index contributed by atoms with van der Waals surface area (Å²) in [5.41, 5.74) is 2.02. The SMILES string of the molecule is CC(C)[Si](OCC1CCN(CCO)CC1)(C(C)C)C(C)C. The average Bonchev–Trinajstić information content (AvgIpc) is 2.40. The number of likely N-dealkylation sites (tertiary alicyclic amines) is 1. The Labute approximate surface area is 133 Å². The van der Waals surface area contributed by atoms with E-state index < -0.39 is 8.32 Å². The van der Waals surface area contributed by atoms with E-state index >= 15 is 0 Å². The van der Waals surface area contributed by atoms with Gasteiger partial charge in [-0.2, -0.15) is 0 Å². The van der Waals surface area contributed by atoms with Crippen LogP contribution in [0.15, 0.2) is 0 Å². The van der Waals surface area contributed by atoms with Gasteiger partial charge < -0.3 is 14.4 Å². The van der Waals surface area contributed by atoms with Crippen LogP contribution in [0.2, 0.25) is 16.6 Å². The lowest BCUT2D eigenvalue weighted by atomic mass is 9.98. The Morgan fingerprint density at radius 1 is 1.00 bits per heavy atom. The summed E-state index contributed by atoms with van der Waals surface area (Å²) in [6.45, 7) is 18.4. The minimum Gasteiger partial charge on any atom is -0.416 e. The quantitative estimate of drug-likeness (QED) is 0.690. The van der Waals surface area contributed by atoms with Crippen LogP contribution in [0, 0.1) is 5.92 Å². The summed E-state index contributed by atoms with van der Waals surface area (Å²) >= 11 is 0. The molecule has 1 fully saturated rings. The molecule has 0 radical (unpaired) electrons. The Kier molecular flexibility index (Phi) is 7.89. The predicted molar refractivity (Wildman–Crippen MR) is 93.2 cm³/mol. The predicted octanol–water partition coefficient (Wildman–Crippen LogP) is 3.88. The van der Waals surface area contributed by atoms with Crippen LogP contribution >= 0.6 is 0 Å². The molecule has 0 aliphatic carbocycles. The Bertz CT molecular complexity index is 265. The zero-order valence-electron chi connectivity index (χ0n) is 15.1. The lowest BCUT2D eigenvalue weighted by Crippen LogP contribution is -2.49. The molecule has 0 aromatic heterocycles. The van der Waals surface area contributed by atoms with Crippen LogP contribution in [0.25, 0.3) is 0 Å². The van der Waals surface area contributed by atoms with Crippen LogP contribution in [0.4, 0.5) is 0 Å². The fourth-order valence-electron chi connectivity index (χ4n) is 4.28. The number of hydrogen-bond acceptors (Lipinski definition) is 3. The second kappa shape index (κ2) is 8.66. The number of aliphatic hydroxyl groups is 1. The van der Waals surface area contributed by atoms with E-state index in [0.29, 0.717) is 22.5 Å². The van der Waals surface area contributed by atoms with Crippen LogP contribution < -0.4 is 0 Å². The number of nitrogens with zero attached hydrogens (tertiary/aromatic N) is 1. The van der Waals surface area contributed by atoms with E-state index in [2.05, 4.69) is 46.4 Å². The minimum absolute atomic E-state index is 0.283. The molecule has 3 nitrogen and oxygen atoms in total. The maximum atomic E-state index is 9.02. The molecular weight excluding hydrogens is 278 g/mol. The first kappa shape index (κ1) is 19.1. The fraction of sp³-hybridized carbons (Fsp3) is 1.00. The molecule has 0 atom stereocenters. The third-order valence-corrected chi connectivity index (χ3v) is 11.5. The number of aliphatic hydroxyl groups excluding tert-OH is 1. The molecule has 4 heteroatoms. The Morgan fingerprint density at radius 2 is 1.48 bits per heavy atom. The van der Waals surface area contributed by atoms with E-state index in [4.69, 9.17) is 9.53 Å². The Balaban J connectivity index is 2.55. The maximum Gasteiger partial charge on any atom is 0.200 e. The van der Waals surface area contributed by atoms with Gasteiger partial charge in [-0.15, -0.1) is 0 Å². The van der Waals surface area contributed by atoms with Crippen molar-refractivity contribution in [1.82, 2.24) is 4.90 Å². The molecule has 1 heterocycles. The zero-order valence-corrected chi connectivity index (χ0v) is 16.1. The van der Waals surface area contributed by atoms with Gasteiger partial charge >= 0.3 is 0 Å². The van der Waals surface area contributed by atoms with Crippen LogP contribution in [0.1, 0.15) is 54.4 Å². The van der Waals surface area contributed by atoms with E-state index in [1.807, 2.05) is 0 Å². The fourth-order valence-corrected chi connectivity index (χ4v) is 9.80. The standard InChI is InChI=1S/C17H37NO2Si/c1-14(2)21(15(3)4,16(5)6)20-13-17-7-9-18(10-8-17)11-12-19/h14-17,19H,7-13H2,1-6H3. The lowest BCUT2D eigenvalue weighted by Gasteiger charge is -2.43. The Morgan fingerprint density at radius 3 is 1.86 bits per heavy atom. The summed E-state index contributed by atoms with van der Waals surface area (Å²) < 4.78 is 6.72. The lowest BCUT2D eigenvalue weighted by molar-refractivity contribution is 0.116. The second-order valence-electron chi connectivity index (χ2n) is 7.64. The third kappa shape index (κ3) is 4.78. The first-order valence-electron chi connectivity index (χ1n) is 8.81. The van der Waals surface area contributed by atoms with Crippen molar-refractivity contribution in [2.45, 2.75) is 71.0 Å². The van der Waals surface area contributed by atoms with Crippen molar-refractivity contribution >= 4 is 8.32 Å². The molecule has 0 bridgehead atoms. The minimum atomic E-state index is -1.70. The highest BCUT2D eigenvalue weighted by Crippen LogP contribution is 2.42. The van der Waals surface area contributed by atoms with Crippen LogP contribution in [-0.2, 0) is 4.43 Å². The maximum absolute atomic E-state index is 9.02. The molecule has 126 valence electrons. The molecule has 1 N–H and O–H groups in total. The first-order chi connectivity index (χ1) is 9.84. The summed E-state index contributed by atoms with van der Waals surface area (Å²) in [6, 6.07) is 0. The van der Waals surface area contributed by atoms with Crippen molar-refractivity contribution in [3.05, 3.63) is 0 Å². The molecule has 21 heavy (non-hydrogen) atoms. The second-order valence-corrected chi connectivity index (χ2v) is 13.1. The zero-order chi connectivity index (χ0) is 16.0. The number of β-amino-alcohol motifs (C(OH)–C–C–N with tert-alkyl or cyclic N) is 1. The highest BCUT2D eigenvalue weighted by Gasteiger charge is 2.45. The molecule has 1 aliphatic heterocycles. The Hall–Kier alpha value is 0.0969. The highest BCUT2D eigenvalue weighted by molar-refractivity contribution is 6.77. The van der Waals surface area contributed by atoms with Crippen molar-refractivity contribution in [2.24, 2.45) is 5.92 Å². The normalized spacial score (nSPS) is 19.1. The van der Waals surface area contributed by atoms with Crippen molar-refractivity contribution in [1.29, 1.82) is 0 Å². The van der Waals surface area contributed by atoms with Gasteiger partial charge in [0.05, 0.1) is 6.61 Å². The first-order valence-corrected chi connectivity index (χ1v) is 11.0. The summed E-state index contributed by atoms with van der Waals surface area (Å²) in [6.07, 6.45) is 2.44. The van der Waals surface area contributed by atoms with Gasteiger partial charge in [0.25, 0.3) is 0 Å². The summed E-state index contributed by atoms with van der Waals surface area (Å²) in [5, 5.41) is 9.02. The van der Waals surface area contributed by atoms with Gasteiger partial charge in [0, 0.05) is 13.2 Å². The molecule has 1 rings (SSSR count). The van der Waals surface area contributed by atoms with Gasteiger partial charge in [0.15, 0.2) is 8.32 Å². The molecule has 0 saturated carbocycles. The van der Waals surface area contributed by atoms with Gasteiger partial charge in [-0.05, 0) is 48.5 Å². The van der Waals surface area contributed by atoms with Crippen LogP contribution in [-0.4, -0.2) is 51.2 Å². The van der Waals surface area contributed by atoms with Gasteiger partial charge in [-0.25, -0.2) is 0 Å². The summed E-state index contributed by atoms with van der Waals surface area (Å²) in [4.78, 5) is 2.37. The molecule has 0 aromatic rings. The molecule has 0 amide bonds. The number of piperidine rings is 1. The van der Waals surface area contributed by atoms with Crippen LogP contribution in [0.5, 0.6) is 0 Å². The van der Waals surface area contributed by atoms with Gasteiger partial charge in [0.1, 0.15) is 0 Å². The smallest absolute Gasteiger partial charge is 0.200 e. The van der Waals surface area contributed by atoms with E-state index in [9.17, 15) is 0 Å². The van der Waals surface area contributed by atoms with Crippen molar-refractivity contribution in [3.63, 3.8) is 0 Å². The van der Waals surface area contributed by atoms with E-state index in [0.717, 1.165) is 26.2 Å². The van der Waals surface area contributed by atoms with Crippen LogP contribution in [0.3, 0.4) is 0 Å². The van der Waals surface area contributed by atoms with Crippen molar-refractivity contribution < 1.29 is 9.53 Å². The average molecular weight is 316 g/mol. The molecule has 1 aliphatic rings. The van der Waals surface area contributed by atoms with E-state index in [1.165, 1.54) is 12.8 Å². The molecule has 1 saturated heterocycles. The molecule has 0 unspecified atom stereocenters. The monoisotopic (exact) mass is 315 g/mol. The molecular formula is C17H37NO2Si. The van der Waals surface area contributed by atoms with Crippen molar-refractivity contribution in [3.8, 4) is 0 Å². The number of hydrogen-bond donors (Lipinski definition) is 1. The van der Waals surface area contributed by atoms with Gasteiger partial charge in [-0.3, -0.25) is 0 Å². The topological polar surface area (TPSA) is 32.7 Å². The van der Waals surface area contributed by atoms with E-state index in [-0.39, 0.29) is 6.61 Å². The number of rotatable bonds is 8. The third-order valence-electron chi connectivity index (χ3n) is 5.40. The largest absolute Gasteiger partial charge is 0.416 e. The van der Waals surface area contributed by atoms with Gasteiger partial charge in [0.2, 0.25) is 0 Å². The van der Waals surface area contributed by atoms with Crippen molar-refractivity contribution in [2.75, 3.05) is 32.8 Å². The van der Waals surface area contributed by atoms with E-state index in [1.54, 1.807) is 0 Å². The molecule has 0 spiro atoms. The van der Waals surface area contributed by atoms with Gasteiger partial charge in [-0.1, -0.05) is 41.5 Å². The highest BCUT2D eigenvalue weighted by atomic mass is 28.4. The summed E-state index contributed by atoms with van der Waals surface area (Å²) in [7, 11) is -1.70. The molecule has 0 aromatic carbocycles. The summed E-state index contributed by atoms with van der Waals surface area (Å²) in [5.74, 6) is 0.711.